The number of carbonyl (C=O) groups excluding carboxylic acids is 2. The number of aromatic nitrogens is 3. The zero-order valence-electron chi connectivity index (χ0n) is 15.1. The fraction of sp³-hybridized carbons (Fsp3) is 0.368. The monoisotopic (exact) mass is 383 g/mol. The molecule has 27 heavy (non-hydrogen) atoms. The van der Waals surface area contributed by atoms with Gasteiger partial charge in [0.15, 0.2) is 0 Å². The predicted octanol–water partition coefficient (Wildman–Crippen LogP) is 2.25. The van der Waals surface area contributed by atoms with Crippen molar-refractivity contribution < 1.29 is 9.59 Å². The molecule has 0 aliphatic carbocycles. The highest BCUT2D eigenvalue weighted by Gasteiger charge is 2.23. The molecule has 0 radical (unpaired) electrons. The van der Waals surface area contributed by atoms with E-state index < -0.39 is 0 Å². The van der Waals surface area contributed by atoms with E-state index in [1.54, 1.807) is 17.7 Å². The minimum Gasteiger partial charge on any atom is -0.345 e. The van der Waals surface area contributed by atoms with Gasteiger partial charge in [-0.15, -0.1) is 11.3 Å². The summed E-state index contributed by atoms with van der Waals surface area (Å²) >= 11 is 1.56. The summed E-state index contributed by atoms with van der Waals surface area (Å²) in [6.07, 6.45) is 2.73. The van der Waals surface area contributed by atoms with Gasteiger partial charge in [-0.1, -0.05) is 0 Å². The summed E-state index contributed by atoms with van der Waals surface area (Å²) in [5, 5.41) is 2.91. The summed E-state index contributed by atoms with van der Waals surface area (Å²) in [6.45, 7) is 4.36. The second-order valence-electron chi connectivity index (χ2n) is 6.70. The number of nitrogens with one attached hydrogen (secondary N) is 1. The minimum atomic E-state index is -0.00377. The van der Waals surface area contributed by atoms with Crippen LogP contribution in [0.15, 0.2) is 29.9 Å². The highest BCUT2D eigenvalue weighted by atomic mass is 32.1. The fourth-order valence-corrected chi connectivity index (χ4v) is 3.99. The Morgan fingerprint density at radius 1 is 1.19 bits per heavy atom. The first-order valence-electron chi connectivity index (χ1n) is 9.01. The van der Waals surface area contributed by atoms with E-state index in [9.17, 15) is 9.59 Å². The van der Waals surface area contributed by atoms with Gasteiger partial charge in [-0.25, -0.2) is 9.97 Å². The van der Waals surface area contributed by atoms with E-state index in [-0.39, 0.29) is 11.8 Å². The van der Waals surface area contributed by atoms with Crippen molar-refractivity contribution in [3.05, 3.63) is 46.2 Å². The van der Waals surface area contributed by atoms with Crippen molar-refractivity contribution in [2.45, 2.75) is 19.8 Å². The summed E-state index contributed by atoms with van der Waals surface area (Å²) in [5.74, 6) is 0.0735. The van der Waals surface area contributed by atoms with Crippen LogP contribution in [-0.2, 0) is 11.2 Å². The van der Waals surface area contributed by atoms with Gasteiger partial charge in [-0.3, -0.25) is 9.59 Å². The van der Waals surface area contributed by atoms with Crippen LogP contribution >= 0.6 is 11.3 Å². The van der Waals surface area contributed by atoms with Gasteiger partial charge in [0.25, 0.3) is 5.91 Å². The predicted molar refractivity (Wildman–Crippen MR) is 104 cm³/mol. The Hall–Kier alpha value is -2.74. The van der Waals surface area contributed by atoms with Gasteiger partial charge in [0.1, 0.15) is 0 Å². The number of aryl methyl sites for hydroxylation is 1. The third-order valence-corrected chi connectivity index (χ3v) is 5.62. The Kier molecular flexibility index (Phi) is 4.89. The molecule has 0 bridgehead atoms. The molecule has 0 unspecified atom stereocenters. The van der Waals surface area contributed by atoms with Crippen LogP contribution in [0.5, 0.6) is 0 Å². The lowest BCUT2D eigenvalue weighted by Gasteiger charge is -2.22. The summed E-state index contributed by atoms with van der Waals surface area (Å²) in [5.41, 5.74) is 3.17. The van der Waals surface area contributed by atoms with Gasteiger partial charge >= 0.3 is 0 Å². The SMILES string of the molecule is Cc1nc(CC(=O)N2CCCN(C(=O)c3ccc4nc[nH]c4c3)CC2)cs1. The van der Waals surface area contributed by atoms with Crippen LogP contribution < -0.4 is 0 Å². The van der Waals surface area contributed by atoms with E-state index in [4.69, 9.17) is 0 Å². The number of carbonyl (C=O) groups is 2. The molecule has 140 valence electrons. The first-order chi connectivity index (χ1) is 13.1. The Morgan fingerprint density at radius 2 is 2.00 bits per heavy atom. The van der Waals surface area contributed by atoms with Crippen LogP contribution in [-0.4, -0.2) is 62.7 Å². The smallest absolute Gasteiger partial charge is 0.253 e. The molecule has 1 aliphatic heterocycles. The number of rotatable bonds is 3. The average Bonchev–Trinajstić information content (AvgIpc) is 3.21. The van der Waals surface area contributed by atoms with Crippen molar-refractivity contribution in [2.24, 2.45) is 0 Å². The van der Waals surface area contributed by atoms with Crippen LogP contribution in [0.2, 0.25) is 0 Å². The Bertz CT molecular complexity index is 979. The number of hydrogen-bond acceptors (Lipinski definition) is 5. The molecule has 0 saturated carbocycles. The Balaban J connectivity index is 1.40. The molecule has 2 aromatic heterocycles. The third-order valence-electron chi connectivity index (χ3n) is 4.80. The lowest BCUT2D eigenvalue weighted by atomic mass is 10.1. The first kappa shape index (κ1) is 17.7. The zero-order chi connectivity index (χ0) is 18.8. The molecule has 2 amide bonds. The van der Waals surface area contributed by atoms with Crippen LogP contribution in [0.4, 0.5) is 0 Å². The molecule has 1 N–H and O–H groups in total. The number of benzene rings is 1. The lowest BCUT2D eigenvalue weighted by Crippen LogP contribution is -2.38. The number of H-pyrrole nitrogens is 1. The van der Waals surface area contributed by atoms with Crippen LogP contribution in [0.3, 0.4) is 0 Å². The second-order valence-corrected chi connectivity index (χ2v) is 7.76. The molecule has 1 saturated heterocycles. The number of nitrogens with zero attached hydrogens (tertiary/aromatic N) is 4. The number of fused-ring (bicyclic) bond motifs is 1. The molecule has 7 nitrogen and oxygen atoms in total. The molecule has 4 rings (SSSR count). The number of hydrogen-bond donors (Lipinski definition) is 1. The summed E-state index contributed by atoms with van der Waals surface area (Å²) in [6, 6.07) is 5.50. The van der Waals surface area contributed by atoms with Crippen molar-refractivity contribution in [3.63, 3.8) is 0 Å². The van der Waals surface area contributed by atoms with E-state index in [0.29, 0.717) is 38.2 Å². The van der Waals surface area contributed by atoms with Crippen molar-refractivity contribution in [1.82, 2.24) is 24.8 Å². The second kappa shape index (κ2) is 7.48. The quantitative estimate of drug-likeness (QED) is 0.752. The van der Waals surface area contributed by atoms with Gasteiger partial charge in [0.05, 0.1) is 34.5 Å². The Labute approximate surface area is 161 Å². The van der Waals surface area contributed by atoms with Crippen molar-refractivity contribution in [2.75, 3.05) is 26.2 Å². The molecule has 8 heteroatoms. The molecule has 3 heterocycles. The van der Waals surface area contributed by atoms with Crippen LogP contribution in [0.25, 0.3) is 11.0 Å². The van der Waals surface area contributed by atoms with Gasteiger partial charge in [-0.2, -0.15) is 0 Å². The molecule has 1 aromatic carbocycles. The molecule has 3 aromatic rings. The molecule has 0 atom stereocenters. The summed E-state index contributed by atoms with van der Waals surface area (Å²) < 4.78 is 0. The lowest BCUT2D eigenvalue weighted by molar-refractivity contribution is -0.130. The molecule has 1 fully saturated rings. The molecular weight excluding hydrogens is 362 g/mol. The number of aromatic amines is 1. The van der Waals surface area contributed by atoms with Crippen molar-refractivity contribution in [3.8, 4) is 0 Å². The number of thiazole rings is 1. The summed E-state index contributed by atoms with van der Waals surface area (Å²) in [7, 11) is 0. The van der Waals surface area contributed by atoms with Gasteiger partial charge < -0.3 is 14.8 Å². The highest BCUT2D eigenvalue weighted by molar-refractivity contribution is 7.09. The average molecular weight is 383 g/mol. The molecule has 0 spiro atoms. The van der Waals surface area contributed by atoms with Crippen LogP contribution in [0, 0.1) is 6.92 Å². The number of amides is 2. The first-order valence-corrected chi connectivity index (χ1v) is 9.89. The molecule has 1 aliphatic rings. The topological polar surface area (TPSA) is 82.2 Å². The van der Waals surface area contributed by atoms with Crippen molar-refractivity contribution in [1.29, 1.82) is 0 Å². The van der Waals surface area contributed by atoms with E-state index in [2.05, 4.69) is 15.0 Å². The van der Waals surface area contributed by atoms with Crippen LogP contribution in [0.1, 0.15) is 27.5 Å². The molecular formula is C19H21N5O2S. The van der Waals surface area contributed by atoms with E-state index in [0.717, 1.165) is 28.2 Å². The van der Waals surface area contributed by atoms with E-state index in [1.165, 1.54) is 0 Å². The third kappa shape index (κ3) is 3.85. The zero-order valence-corrected chi connectivity index (χ0v) is 16.0. The van der Waals surface area contributed by atoms with Gasteiger partial charge in [0.2, 0.25) is 5.91 Å². The summed E-state index contributed by atoms with van der Waals surface area (Å²) in [4.78, 5) is 40.7. The number of imidazole rings is 1. The largest absolute Gasteiger partial charge is 0.345 e. The fourth-order valence-electron chi connectivity index (χ4n) is 3.38. The Morgan fingerprint density at radius 3 is 2.81 bits per heavy atom. The normalized spacial score (nSPS) is 15.1. The van der Waals surface area contributed by atoms with Crippen molar-refractivity contribution >= 4 is 34.2 Å². The highest BCUT2D eigenvalue weighted by Crippen LogP contribution is 2.16. The maximum Gasteiger partial charge on any atom is 0.253 e. The van der Waals surface area contributed by atoms with Gasteiger partial charge in [0, 0.05) is 37.1 Å². The minimum absolute atomic E-state index is 0.00377. The van der Waals surface area contributed by atoms with Gasteiger partial charge in [-0.05, 0) is 31.5 Å². The standard InChI is InChI=1S/C19H21N5O2S/c1-13-22-15(11-27-13)10-18(25)23-5-2-6-24(8-7-23)19(26)14-3-4-16-17(9-14)21-12-20-16/h3-4,9,11-12H,2,5-8,10H2,1H3,(H,20,21). The van der Waals surface area contributed by atoms with E-state index >= 15 is 0 Å². The van der Waals surface area contributed by atoms with E-state index in [1.807, 2.05) is 40.3 Å². The maximum absolute atomic E-state index is 12.9. The maximum atomic E-state index is 12.9.